The third-order valence-electron chi connectivity index (χ3n) is 11.4. The molecule has 64 heavy (non-hydrogen) atoms. The van der Waals surface area contributed by atoms with Gasteiger partial charge in [-0.1, -0.05) is 30.3 Å². The summed E-state index contributed by atoms with van der Waals surface area (Å²) in [5.74, 6) is -2.20. The fourth-order valence-corrected chi connectivity index (χ4v) is 8.12. The molecule has 0 spiro atoms. The summed E-state index contributed by atoms with van der Waals surface area (Å²) in [5.41, 5.74) is 9.72. The number of hydrogen-bond acceptors (Lipinski definition) is 14. The zero-order valence-electron chi connectivity index (χ0n) is 36.0. The van der Waals surface area contributed by atoms with Crippen molar-refractivity contribution in [1.82, 2.24) is 24.9 Å². The molecule has 5 amide bonds. The van der Waals surface area contributed by atoms with Crippen molar-refractivity contribution < 1.29 is 52.4 Å². The summed E-state index contributed by atoms with van der Waals surface area (Å²) in [6.45, 7) is 8.81. The summed E-state index contributed by atoms with van der Waals surface area (Å²) in [6.07, 6.45) is 4.37. The number of aromatic nitrogens is 2. The summed E-state index contributed by atoms with van der Waals surface area (Å²) in [5, 5.41) is 10.8. The van der Waals surface area contributed by atoms with Crippen molar-refractivity contribution in [2.75, 3.05) is 111 Å². The quantitative estimate of drug-likeness (QED) is 0.0611. The predicted octanol–water partition coefficient (Wildman–Crippen LogP) is 2.92. The summed E-state index contributed by atoms with van der Waals surface area (Å²) in [4.78, 5) is 65.3. The number of anilines is 1. The molecule has 1 aromatic heterocycles. The van der Waals surface area contributed by atoms with Crippen LogP contribution in [-0.2, 0) is 38.0 Å². The lowest BCUT2D eigenvalue weighted by atomic mass is 9.90. The van der Waals surface area contributed by atoms with Gasteiger partial charge in [0.15, 0.2) is 0 Å². The molecule has 7 rings (SSSR count). The highest BCUT2D eigenvalue weighted by molar-refractivity contribution is 6.25. The molecule has 0 radical (unpaired) electrons. The molecule has 18 nitrogen and oxygen atoms in total. The molecule has 4 aromatic rings. The first-order valence-electron chi connectivity index (χ1n) is 21.9. The van der Waals surface area contributed by atoms with Gasteiger partial charge < -0.3 is 44.4 Å². The van der Waals surface area contributed by atoms with Crippen LogP contribution >= 0.6 is 0 Å². The molecule has 3 aliphatic heterocycles. The smallest absolute Gasteiger partial charge is 0.264 e. The predicted molar refractivity (Wildman–Crippen MR) is 235 cm³/mol. The SMILES string of the molecule is NC(=O)c1cccc2cn(-c3ccc([C@@H]4CCCN(CCOCCOCCOCCOCCOCCOCCNc5cccc6c5C(=O)N(C5CCC(=O)NC5=O)C6=O)C4)cc3)nc12. The summed E-state index contributed by atoms with van der Waals surface area (Å²) >= 11 is 0. The van der Waals surface area contributed by atoms with Crippen LogP contribution in [0.2, 0.25) is 0 Å². The average Bonchev–Trinajstić information content (AvgIpc) is 3.85. The summed E-state index contributed by atoms with van der Waals surface area (Å²) < 4.78 is 35.6. The van der Waals surface area contributed by atoms with Crippen molar-refractivity contribution in [2.24, 2.45) is 5.73 Å². The van der Waals surface area contributed by atoms with Crippen molar-refractivity contribution in [3.63, 3.8) is 0 Å². The fourth-order valence-electron chi connectivity index (χ4n) is 8.12. The number of imide groups is 2. The number of primary amides is 1. The standard InChI is InChI=1S/C46H57N7O11/c47-43(55)37-7-1-4-34-31-52(50-42(34)37)35-11-9-32(10-12-35)33-5-3-16-51(30-33)17-19-60-21-23-62-25-27-64-29-28-63-26-24-61-22-20-59-18-15-48-38-8-2-6-36-41(38)46(58)53(45(36)57)39-13-14-40(54)49-44(39)56/h1-2,4,6-12,31,33,39,48H,3,5,13-30H2,(H2,47,55)(H,49,54,56)/t33-,39?/m1/s1. The molecule has 3 aromatic carbocycles. The minimum atomic E-state index is -1.01. The largest absolute Gasteiger partial charge is 0.382 e. The number of piperidine rings is 2. The maximum Gasteiger partial charge on any atom is 0.264 e. The van der Waals surface area contributed by atoms with E-state index in [-0.39, 0.29) is 24.0 Å². The van der Waals surface area contributed by atoms with Crippen molar-refractivity contribution in [2.45, 2.75) is 37.6 Å². The highest BCUT2D eigenvalue weighted by Crippen LogP contribution is 2.32. The molecule has 0 aliphatic carbocycles. The van der Waals surface area contributed by atoms with E-state index in [1.165, 1.54) is 5.56 Å². The number of amides is 5. The van der Waals surface area contributed by atoms with E-state index < -0.39 is 35.6 Å². The van der Waals surface area contributed by atoms with Gasteiger partial charge in [0.25, 0.3) is 17.7 Å². The Morgan fingerprint density at radius 3 is 2.05 bits per heavy atom. The van der Waals surface area contributed by atoms with Crippen molar-refractivity contribution in [3.05, 3.63) is 89.1 Å². The number of ether oxygens (including phenoxy) is 6. The lowest BCUT2D eigenvalue weighted by Crippen LogP contribution is -2.54. The zero-order chi connectivity index (χ0) is 44.7. The van der Waals surface area contributed by atoms with E-state index in [0.29, 0.717) is 109 Å². The number of carbonyl (C=O) groups excluding carboxylic acids is 5. The minimum Gasteiger partial charge on any atom is -0.382 e. The normalized spacial score (nSPS) is 17.9. The zero-order valence-corrected chi connectivity index (χ0v) is 36.0. The van der Waals surface area contributed by atoms with Crippen LogP contribution in [-0.4, -0.2) is 161 Å². The number of nitrogens with one attached hydrogen (secondary N) is 2. The Labute approximate surface area is 371 Å². The Hall–Kier alpha value is -5.60. The molecule has 2 atom stereocenters. The van der Waals surface area contributed by atoms with Gasteiger partial charge in [-0.05, 0) is 67.6 Å². The van der Waals surface area contributed by atoms with Gasteiger partial charge in [-0.2, -0.15) is 5.10 Å². The van der Waals surface area contributed by atoms with Crippen molar-refractivity contribution >= 4 is 46.1 Å². The third-order valence-corrected chi connectivity index (χ3v) is 11.4. The van der Waals surface area contributed by atoms with Crippen LogP contribution in [0.1, 0.15) is 68.2 Å². The first-order valence-corrected chi connectivity index (χ1v) is 21.9. The van der Waals surface area contributed by atoms with Crippen molar-refractivity contribution in [3.8, 4) is 5.69 Å². The topological polar surface area (TPSA) is 215 Å². The molecule has 0 saturated carbocycles. The van der Waals surface area contributed by atoms with E-state index in [9.17, 15) is 24.0 Å². The molecule has 342 valence electrons. The van der Waals surface area contributed by atoms with E-state index >= 15 is 0 Å². The first kappa shape index (κ1) is 46.4. The van der Waals surface area contributed by atoms with Crippen LogP contribution in [0.3, 0.4) is 0 Å². The monoisotopic (exact) mass is 883 g/mol. The lowest BCUT2D eigenvalue weighted by Gasteiger charge is -2.33. The molecular formula is C46H57N7O11. The van der Waals surface area contributed by atoms with Gasteiger partial charge in [-0.25, -0.2) is 4.68 Å². The molecule has 4 N–H and O–H groups in total. The summed E-state index contributed by atoms with van der Waals surface area (Å²) in [6, 6.07) is 17.9. The van der Waals surface area contributed by atoms with E-state index in [2.05, 4.69) is 44.9 Å². The van der Waals surface area contributed by atoms with Crippen LogP contribution in [0.15, 0.2) is 66.9 Å². The molecule has 1 unspecified atom stereocenters. The van der Waals surface area contributed by atoms with Gasteiger partial charge in [-0.3, -0.25) is 34.2 Å². The maximum atomic E-state index is 13.2. The molecule has 2 saturated heterocycles. The molecule has 3 aliphatic rings. The molecule has 18 heteroatoms. The first-order chi connectivity index (χ1) is 31.3. The van der Waals surface area contributed by atoms with E-state index in [0.717, 1.165) is 48.4 Å². The maximum absolute atomic E-state index is 13.2. The molecule has 0 bridgehead atoms. The second-order valence-electron chi connectivity index (χ2n) is 15.7. The van der Waals surface area contributed by atoms with E-state index in [4.69, 9.17) is 34.2 Å². The number of carbonyl (C=O) groups is 5. The number of hydrogen-bond donors (Lipinski definition) is 3. The van der Waals surface area contributed by atoms with Crippen LogP contribution in [0.5, 0.6) is 0 Å². The average molecular weight is 884 g/mol. The Balaban J connectivity index is 0.644. The highest BCUT2D eigenvalue weighted by Gasteiger charge is 2.45. The Morgan fingerprint density at radius 2 is 1.39 bits per heavy atom. The highest BCUT2D eigenvalue weighted by atomic mass is 16.6. The third kappa shape index (κ3) is 12.1. The van der Waals surface area contributed by atoms with Gasteiger partial charge >= 0.3 is 0 Å². The number of fused-ring (bicyclic) bond motifs is 2. The Kier molecular flexibility index (Phi) is 16.9. The second kappa shape index (κ2) is 23.4. The Bertz CT molecular complexity index is 2230. The van der Waals surface area contributed by atoms with Crippen LogP contribution in [0.25, 0.3) is 16.6 Å². The van der Waals surface area contributed by atoms with E-state index in [1.54, 1.807) is 28.9 Å². The van der Waals surface area contributed by atoms with Gasteiger partial charge in [0.1, 0.15) is 11.6 Å². The lowest BCUT2D eigenvalue weighted by molar-refractivity contribution is -0.136. The number of likely N-dealkylation sites (tertiary alicyclic amines) is 1. The molecular weight excluding hydrogens is 827 g/mol. The van der Waals surface area contributed by atoms with Gasteiger partial charge in [-0.15, -0.1) is 0 Å². The fraction of sp³-hybridized carbons (Fsp3) is 0.478. The van der Waals surface area contributed by atoms with Crippen molar-refractivity contribution in [1.29, 1.82) is 0 Å². The van der Waals surface area contributed by atoms with Gasteiger partial charge in [0.2, 0.25) is 11.8 Å². The second-order valence-corrected chi connectivity index (χ2v) is 15.7. The van der Waals surface area contributed by atoms with Crippen LogP contribution in [0.4, 0.5) is 5.69 Å². The molecule has 2 fully saturated rings. The minimum absolute atomic E-state index is 0.0641. The molecule has 4 heterocycles. The number of nitrogens with zero attached hydrogens (tertiary/aromatic N) is 4. The van der Waals surface area contributed by atoms with E-state index in [1.807, 2.05) is 18.3 Å². The Morgan fingerprint density at radius 1 is 0.750 bits per heavy atom. The van der Waals surface area contributed by atoms with Crippen LogP contribution < -0.4 is 16.4 Å². The number of nitrogens with two attached hydrogens (primary N) is 1. The van der Waals surface area contributed by atoms with Gasteiger partial charge in [0, 0.05) is 43.3 Å². The number of rotatable bonds is 26. The van der Waals surface area contributed by atoms with Crippen LogP contribution in [0, 0.1) is 0 Å². The summed E-state index contributed by atoms with van der Waals surface area (Å²) in [7, 11) is 0. The van der Waals surface area contributed by atoms with Gasteiger partial charge in [0.05, 0.1) is 102 Å². The number of benzene rings is 3.